The number of hydrogen-bond donors (Lipinski definition) is 2. The highest BCUT2D eigenvalue weighted by atomic mass is 16.5. The van der Waals surface area contributed by atoms with Crippen molar-refractivity contribution in [1.29, 1.82) is 0 Å². The number of carbonyl (C=O) groups is 1. The van der Waals surface area contributed by atoms with Crippen LogP contribution in [0.2, 0.25) is 0 Å². The van der Waals surface area contributed by atoms with Crippen molar-refractivity contribution in [2.24, 2.45) is 0 Å². The zero-order chi connectivity index (χ0) is 15.1. The van der Waals surface area contributed by atoms with Crippen LogP contribution in [0.15, 0.2) is 24.3 Å². The van der Waals surface area contributed by atoms with E-state index in [1.165, 1.54) is 0 Å². The molecule has 5 heteroatoms. The molecule has 1 aliphatic heterocycles. The molecule has 5 nitrogen and oxygen atoms in total. The third-order valence-electron chi connectivity index (χ3n) is 3.46. The number of nitrogens with one attached hydrogen (secondary N) is 2. The Kier molecular flexibility index (Phi) is 6.02. The molecule has 1 aromatic carbocycles. The second-order valence-electron chi connectivity index (χ2n) is 5.22. The van der Waals surface area contributed by atoms with Crippen molar-refractivity contribution in [1.82, 2.24) is 10.6 Å². The molecule has 0 saturated carbocycles. The summed E-state index contributed by atoms with van der Waals surface area (Å²) in [7, 11) is 0. The Bertz CT molecular complexity index is 447. The van der Waals surface area contributed by atoms with E-state index in [1.807, 2.05) is 31.2 Å². The summed E-state index contributed by atoms with van der Waals surface area (Å²) in [5.74, 6) is 0.844. The van der Waals surface area contributed by atoms with Crippen LogP contribution < -0.4 is 15.4 Å². The molecule has 1 aromatic rings. The number of carbonyl (C=O) groups excluding carboxylic acids is 1. The van der Waals surface area contributed by atoms with Crippen molar-refractivity contribution in [2.45, 2.75) is 39.0 Å². The minimum atomic E-state index is -0.272. The summed E-state index contributed by atoms with van der Waals surface area (Å²) in [4.78, 5) is 12.1. The van der Waals surface area contributed by atoms with E-state index < -0.39 is 0 Å². The molecular weight excluding hydrogens is 268 g/mol. The maximum atomic E-state index is 12.1. The quantitative estimate of drug-likeness (QED) is 0.833. The van der Waals surface area contributed by atoms with Crippen molar-refractivity contribution in [3.63, 3.8) is 0 Å². The molecule has 0 radical (unpaired) electrons. The summed E-state index contributed by atoms with van der Waals surface area (Å²) >= 11 is 0. The third-order valence-corrected chi connectivity index (χ3v) is 3.46. The molecular formula is C16H24N2O3. The smallest absolute Gasteiger partial charge is 0.240 e. The van der Waals surface area contributed by atoms with Crippen LogP contribution in [0.25, 0.3) is 0 Å². The van der Waals surface area contributed by atoms with Crippen LogP contribution in [0.4, 0.5) is 0 Å². The van der Waals surface area contributed by atoms with E-state index in [4.69, 9.17) is 9.47 Å². The van der Waals surface area contributed by atoms with Crippen LogP contribution in [0.3, 0.4) is 0 Å². The van der Waals surface area contributed by atoms with E-state index in [2.05, 4.69) is 17.6 Å². The maximum absolute atomic E-state index is 12.1. The predicted molar refractivity (Wildman–Crippen MR) is 81.3 cm³/mol. The van der Waals surface area contributed by atoms with E-state index in [9.17, 15) is 4.79 Å². The van der Waals surface area contributed by atoms with E-state index >= 15 is 0 Å². The molecule has 2 rings (SSSR count). The zero-order valence-corrected chi connectivity index (χ0v) is 12.7. The molecule has 0 bridgehead atoms. The Hall–Kier alpha value is -1.59. The lowest BCUT2D eigenvalue weighted by atomic mass is 10.1. The van der Waals surface area contributed by atoms with E-state index in [0.29, 0.717) is 19.7 Å². The fraction of sp³-hybridized carbons (Fsp3) is 0.562. The molecule has 0 aliphatic carbocycles. The van der Waals surface area contributed by atoms with Crippen LogP contribution in [0, 0.1) is 0 Å². The first kappa shape index (κ1) is 15.8. The van der Waals surface area contributed by atoms with Crippen LogP contribution in [-0.2, 0) is 16.1 Å². The fourth-order valence-corrected chi connectivity index (χ4v) is 2.25. The van der Waals surface area contributed by atoms with Gasteiger partial charge >= 0.3 is 0 Å². The second kappa shape index (κ2) is 8.00. The first-order valence-electron chi connectivity index (χ1n) is 7.55. The van der Waals surface area contributed by atoms with Crippen molar-refractivity contribution in [2.75, 3.05) is 19.8 Å². The van der Waals surface area contributed by atoms with Gasteiger partial charge in [-0.25, -0.2) is 0 Å². The van der Waals surface area contributed by atoms with Crippen molar-refractivity contribution in [3.05, 3.63) is 29.8 Å². The van der Waals surface area contributed by atoms with Crippen molar-refractivity contribution in [3.8, 4) is 5.75 Å². The van der Waals surface area contributed by atoms with Gasteiger partial charge < -0.3 is 20.1 Å². The highest BCUT2D eigenvalue weighted by Crippen LogP contribution is 2.12. The standard InChI is InChI=1S/C16H24N2O3/c1-3-9-21-14-6-4-13(5-7-14)11-18-16(19)15-12(2)20-10-8-17-15/h4-7,12,15,17H,3,8-11H2,1-2H3,(H,18,19)/t12-,15+/m1/s1. The summed E-state index contributed by atoms with van der Waals surface area (Å²) in [6.07, 6.45) is 0.899. The van der Waals surface area contributed by atoms with Gasteiger partial charge in [-0.2, -0.15) is 0 Å². The Labute approximate surface area is 126 Å². The summed E-state index contributed by atoms with van der Waals surface area (Å²) in [5.41, 5.74) is 1.05. The number of rotatable bonds is 6. The second-order valence-corrected chi connectivity index (χ2v) is 5.22. The SMILES string of the molecule is CCCOc1ccc(CNC(=O)[C@H]2NCCO[C@@H]2C)cc1. The topological polar surface area (TPSA) is 59.6 Å². The lowest BCUT2D eigenvalue weighted by Crippen LogP contribution is -2.55. The monoisotopic (exact) mass is 292 g/mol. The molecule has 0 spiro atoms. The minimum Gasteiger partial charge on any atom is -0.494 e. The van der Waals surface area contributed by atoms with Gasteiger partial charge in [0.2, 0.25) is 5.91 Å². The van der Waals surface area contributed by atoms with Gasteiger partial charge in [0.25, 0.3) is 0 Å². The summed E-state index contributed by atoms with van der Waals surface area (Å²) in [6.45, 7) is 6.60. The number of hydrogen-bond acceptors (Lipinski definition) is 4. The van der Waals surface area contributed by atoms with Gasteiger partial charge in [-0.05, 0) is 31.0 Å². The van der Waals surface area contributed by atoms with E-state index in [0.717, 1.165) is 24.3 Å². The fourth-order valence-electron chi connectivity index (χ4n) is 2.25. The third kappa shape index (κ3) is 4.72. The van der Waals surface area contributed by atoms with Crippen LogP contribution in [-0.4, -0.2) is 37.8 Å². The Morgan fingerprint density at radius 1 is 1.43 bits per heavy atom. The zero-order valence-electron chi connectivity index (χ0n) is 12.7. The Morgan fingerprint density at radius 3 is 2.86 bits per heavy atom. The number of morpholine rings is 1. The van der Waals surface area contributed by atoms with Crippen LogP contribution in [0.1, 0.15) is 25.8 Å². The molecule has 0 aromatic heterocycles. The Balaban J connectivity index is 1.80. The molecule has 1 heterocycles. The highest BCUT2D eigenvalue weighted by Gasteiger charge is 2.27. The molecule has 1 fully saturated rings. The van der Waals surface area contributed by atoms with Gasteiger partial charge in [0.05, 0.1) is 19.3 Å². The summed E-state index contributed by atoms with van der Waals surface area (Å²) in [6, 6.07) is 7.54. The maximum Gasteiger partial charge on any atom is 0.240 e. The van der Waals surface area contributed by atoms with Gasteiger partial charge in [-0.15, -0.1) is 0 Å². The van der Waals surface area contributed by atoms with E-state index in [-0.39, 0.29) is 18.1 Å². The largest absolute Gasteiger partial charge is 0.494 e. The first-order chi connectivity index (χ1) is 10.2. The van der Waals surface area contributed by atoms with Gasteiger partial charge in [-0.3, -0.25) is 4.79 Å². The summed E-state index contributed by atoms with van der Waals surface area (Å²) < 4.78 is 11.0. The van der Waals surface area contributed by atoms with Crippen LogP contribution >= 0.6 is 0 Å². The lowest BCUT2D eigenvalue weighted by molar-refractivity contribution is -0.129. The van der Waals surface area contributed by atoms with E-state index in [1.54, 1.807) is 0 Å². The lowest BCUT2D eigenvalue weighted by Gasteiger charge is -2.29. The molecule has 1 aliphatic rings. The number of benzene rings is 1. The van der Waals surface area contributed by atoms with Crippen molar-refractivity contribution >= 4 is 5.91 Å². The minimum absolute atomic E-state index is 0.0199. The molecule has 0 unspecified atom stereocenters. The average Bonchev–Trinajstić information content (AvgIpc) is 2.52. The van der Waals surface area contributed by atoms with Gasteiger partial charge in [-0.1, -0.05) is 19.1 Å². The molecule has 1 saturated heterocycles. The van der Waals surface area contributed by atoms with Gasteiger partial charge in [0.15, 0.2) is 0 Å². The molecule has 21 heavy (non-hydrogen) atoms. The van der Waals surface area contributed by atoms with Crippen LogP contribution in [0.5, 0.6) is 5.75 Å². The number of ether oxygens (including phenoxy) is 2. The molecule has 1 amide bonds. The molecule has 2 atom stereocenters. The molecule has 116 valence electrons. The average molecular weight is 292 g/mol. The first-order valence-corrected chi connectivity index (χ1v) is 7.55. The number of amides is 1. The summed E-state index contributed by atoms with van der Waals surface area (Å²) in [5, 5.41) is 6.12. The van der Waals surface area contributed by atoms with Gasteiger partial charge in [0, 0.05) is 13.1 Å². The normalized spacial score (nSPS) is 21.8. The van der Waals surface area contributed by atoms with Gasteiger partial charge in [0.1, 0.15) is 11.8 Å². The Morgan fingerprint density at radius 2 is 2.19 bits per heavy atom. The highest BCUT2D eigenvalue weighted by molar-refractivity contribution is 5.82. The molecule has 2 N–H and O–H groups in total. The predicted octanol–water partition coefficient (Wildman–Crippen LogP) is 1.47. The van der Waals surface area contributed by atoms with Crippen molar-refractivity contribution < 1.29 is 14.3 Å².